The highest BCUT2D eigenvalue weighted by molar-refractivity contribution is 5.85. The summed E-state index contributed by atoms with van der Waals surface area (Å²) in [5.74, 6) is -0.110. The minimum Gasteiger partial charge on any atom is -0.347 e. The maximum Gasteiger partial charge on any atom is 0.242 e. The van der Waals surface area contributed by atoms with Gasteiger partial charge >= 0.3 is 0 Å². The molecule has 1 aliphatic heterocycles. The van der Waals surface area contributed by atoms with E-state index in [0.29, 0.717) is 6.42 Å². The van der Waals surface area contributed by atoms with Gasteiger partial charge in [0.25, 0.3) is 0 Å². The fraction of sp³-hybridized carbons (Fsp3) is 0.500. The van der Waals surface area contributed by atoms with Crippen LogP contribution in [0.25, 0.3) is 0 Å². The lowest BCUT2D eigenvalue weighted by Crippen LogP contribution is -2.50. The molecule has 1 aromatic rings. The molecule has 21 heavy (non-hydrogen) atoms. The van der Waals surface area contributed by atoms with Gasteiger partial charge in [0, 0.05) is 26.2 Å². The Bertz CT molecular complexity index is 491. The van der Waals surface area contributed by atoms with Crippen LogP contribution < -0.4 is 5.32 Å². The Labute approximate surface area is 125 Å². The maximum absolute atomic E-state index is 12.0. The molecule has 0 saturated carbocycles. The van der Waals surface area contributed by atoms with E-state index in [9.17, 15) is 9.59 Å². The summed E-state index contributed by atoms with van der Waals surface area (Å²) in [6.07, 6.45) is 0.316. The average molecular weight is 289 g/mol. The van der Waals surface area contributed by atoms with E-state index in [2.05, 4.69) is 10.2 Å². The minimum absolute atomic E-state index is 0.000330. The van der Waals surface area contributed by atoms with E-state index >= 15 is 0 Å². The SMILES string of the molecule is Cc1ccc(CC(=O)NCC(=O)N2CCN(C)CC2)cc1. The first-order valence-corrected chi connectivity index (χ1v) is 7.33. The highest BCUT2D eigenvalue weighted by Crippen LogP contribution is 2.04. The quantitative estimate of drug-likeness (QED) is 0.874. The van der Waals surface area contributed by atoms with E-state index in [1.807, 2.05) is 43.1 Å². The molecule has 1 saturated heterocycles. The Morgan fingerprint density at radius 3 is 2.33 bits per heavy atom. The Morgan fingerprint density at radius 2 is 1.71 bits per heavy atom. The molecule has 2 rings (SSSR count). The number of aryl methyl sites for hydroxylation is 1. The smallest absolute Gasteiger partial charge is 0.242 e. The summed E-state index contributed by atoms with van der Waals surface area (Å²) in [6, 6.07) is 7.85. The standard InChI is InChI=1S/C16H23N3O2/c1-13-3-5-14(6-4-13)11-15(20)17-12-16(21)19-9-7-18(2)8-10-19/h3-6H,7-12H2,1-2H3,(H,17,20). The van der Waals surface area contributed by atoms with E-state index in [-0.39, 0.29) is 18.4 Å². The van der Waals surface area contributed by atoms with Crippen molar-refractivity contribution in [2.75, 3.05) is 39.8 Å². The molecule has 5 nitrogen and oxygen atoms in total. The molecule has 1 N–H and O–H groups in total. The van der Waals surface area contributed by atoms with Crippen molar-refractivity contribution in [3.63, 3.8) is 0 Å². The summed E-state index contributed by atoms with van der Waals surface area (Å²) >= 11 is 0. The maximum atomic E-state index is 12.0. The van der Waals surface area contributed by atoms with Crippen LogP contribution in [0, 0.1) is 6.92 Å². The van der Waals surface area contributed by atoms with Gasteiger partial charge in [-0.2, -0.15) is 0 Å². The van der Waals surface area contributed by atoms with Crippen molar-refractivity contribution in [3.8, 4) is 0 Å². The molecule has 0 unspecified atom stereocenters. The summed E-state index contributed by atoms with van der Waals surface area (Å²) in [4.78, 5) is 27.9. The monoisotopic (exact) mass is 289 g/mol. The number of hydrogen-bond donors (Lipinski definition) is 1. The number of amides is 2. The molecule has 0 spiro atoms. The van der Waals surface area contributed by atoms with Gasteiger partial charge in [-0.3, -0.25) is 9.59 Å². The second-order valence-electron chi connectivity index (χ2n) is 5.62. The van der Waals surface area contributed by atoms with Gasteiger partial charge in [0.05, 0.1) is 13.0 Å². The molecule has 5 heteroatoms. The number of carbonyl (C=O) groups excluding carboxylic acids is 2. The van der Waals surface area contributed by atoms with Crippen LogP contribution in [0.2, 0.25) is 0 Å². The molecule has 1 aromatic carbocycles. The van der Waals surface area contributed by atoms with E-state index in [4.69, 9.17) is 0 Å². The zero-order valence-electron chi connectivity index (χ0n) is 12.8. The van der Waals surface area contributed by atoms with Gasteiger partial charge in [0.2, 0.25) is 11.8 Å². The Balaban J connectivity index is 1.73. The molecule has 0 aliphatic carbocycles. The Hall–Kier alpha value is -1.88. The number of piperazine rings is 1. The van der Waals surface area contributed by atoms with Gasteiger partial charge < -0.3 is 15.1 Å². The highest BCUT2D eigenvalue weighted by Gasteiger charge is 2.19. The molecule has 1 fully saturated rings. The van der Waals surface area contributed by atoms with Gasteiger partial charge in [-0.15, -0.1) is 0 Å². The van der Waals surface area contributed by atoms with Crippen LogP contribution in [0.15, 0.2) is 24.3 Å². The van der Waals surface area contributed by atoms with Crippen LogP contribution in [0.1, 0.15) is 11.1 Å². The molecule has 0 bridgehead atoms. The van der Waals surface area contributed by atoms with Gasteiger partial charge in [-0.25, -0.2) is 0 Å². The molecule has 1 heterocycles. The summed E-state index contributed by atoms with van der Waals surface area (Å²) < 4.78 is 0. The van der Waals surface area contributed by atoms with E-state index in [1.54, 1.807) is 0 Å². The number of likely N-dealkylation sites (N-methyl/N-ethyl adjacent to an activating group) is 1. The normalized spacial score (nSPS) is 15.8. The average Bonchev–Trinajstić information content (AvgIpc) is 2.48. The summed E-state index contributed by atoms with van der Waals surface area (Å²) in [5.41, 5.74) is 2.13. The minimum atomic E-state index is -0.110. The fourth-order valence-electron chi connectivity index (χ4n) is 2.30. The van der Waals surface area contributed by atoms with Crippen molar-refractivity contribution in [2.24, 2.45) is 0 Å². The number of rotatable bonds is 4. The number of carbonyl (C=O) groups is 2. The molecular weight excluding hydrogens is 266 g/mol. The highest BCUT2D eigenvalue weighted by atomic mass is 16.2. The van der Waals surface area contributed by atoms with Crippen molar-refractivity contribution < 1.29 is 9.59 Å². The zero-order chi connectivity index (χ0) is 15.2. The van der Waals surface area contributed by atoms with E-state index < -0.39 is 0 Å². The van der Waals surface area contributed by atoms with Crippen molar-refractivity contribution in [1.29, 1.82) is 0 Å². The zero-order valence-corrected chi connectivity index (χ0v) is 12.8. The summed E-state index contributed by atoms with van der Waals surface area (Å²) in [5, 5.41) is 2.71. The van der Waals surface area contributed by atoms with Crippen molar-refractivity contribution in [1.82, 2.24) is 15.1 Å². The molecule has 2 amide bonds. The predicted octanol–water partition coefficient (Wildman–Crippen LogP) is 0.428. The number of nitrogens with zero attached hydrogens (tertiary/aromatic N) is 2. The first-order chi connectivity index (χ1) is 10.0. The molecule has 1 aliphatic rings. The number of hydrogen-bond acceptors (Lipinski definition) is 3. The lowest BCUT2D eigenvalue weighted by atomic mass is 10.1. The van der Waals surface area contributed by atoms with Gasteiger partial charge in [0.15, 0.2) is 0 Å². The second-order valence-corrected chi connectivity index (χ2v) is 5.62. The third kappa shape index (κ3) is 4.86. The van der Waals surface area contributed by atoms with E-state index in [0.717, 1.165) is 31.7 Å². The first kappa shape index (κ1) is 15.5. The van der Waals surface area contributed by atoms with Crippen molar-refractivity contribution in [3.05, 3.63) is 35.4 Å². The fourth-order valence-corrected chi connectivity index (χ4v) is 2.30. The van der Waals surface area contributed by atoms with Crippen molar-refractivity contribution in [2.45, 2.75) is 13.3 Å². The second kappa shape index (κ2) is 7.22. The van der Waals surface area contributed by atoms with Crippen LogP contribution >= 0.6 is 0 Å². The molecular formula is C16H23N3O2. The Kier molecular flexibility index (Phi) is 5.33. The summed E-state index contributed by atoms with van der Waals surface area (Å²) in [6.45, 7) is 5.37. The largest absolute Gasteiger partial charge is 0.347 e. The molecule has 0 atom stereocenters. The van der Waals surface area contributed by atoms with Crippen molar-refractivity contribution >= 4 is 11.8 Å². The van der Waals surface area contributed by atoms with Crippen LogP contribution in [-0.2, 0) is 16.0 Å². The van der Waals surface area contributed by atoms with Crippen LogP contribution in [-0.4, -0.2) is 61.4 Å². The third-order valence-electron chi connectivity index (χ3n) is 3.78. The predicted molar refractivity (Wildman–Crippen MR) is 82.0 cm³/mol. The van der Waals surface area contributed by atoms with Gasteiger partial charge in [0.1, 0.15) is 0 Å². The Morgan fingerprint density at radius 1 is 1.10 bits per heavy atom. The lowest BCUT2D eigenvalue weighted by Gasteiger charge is -2.32. The molecule has 114 valence electrons. The molecule has 0 aromatic heterocycles. The third-order valence-corrected chi connectivity index (χ3v) is 3.78. The number of benzene rings is 1. The number of nitrogens with one attached hydrogen (secondary N) is 1. The van der Waals surface area contributed by atoms with Gasteiger partial charge in [-0.1, -0.05) is 29.8 Å². The topological polar surface area (TPSA) is 52.7 Å². The van der Waals surface area contributed by atoms with Crippen LogP contribution in [0.3, 0.4) is 0 Å². The van der Waals surface area contributed by atoms with Gasteiger partial charge in [-0.05, 0) is 19.5 Å². The summed E-state index contributed by atoms with van der Waals surface area (Å²) in [7, 11) is 2.05. The van der Waals surface area contributed by atoms with E-state index in [1.165, 1.54) is 5.56 Å². The van der Waals surface area contributed by atoms with Crippen LogP contribution in [0.5, 0.6) is 0 Å². The van der Waals surface area contributed by atoms with Crippen LogP contribution in [0.4, 0.5) is 0 Å². The molecule has 0 radical (unpaired) electrons. The lowest BCUT2D eigenvalue weighted by molar-refractivity contribution is -0.134. The first-order valence-electron chi connectivity index (χ1n) is 7.33.